The number of nitrogens with zero attached hydrogens (tertiary/aromatic N) is 1. The Balaban J connectivity index is 0.0000281. The van der Waals surface area contributed by atoms with Gasteiger partial charge in [-0.3, -0.25) is 9.55 Å². The van der Waals surface area contributed by atoms with E-state index in [9.17, 15) is 34.0 Å². The van der Waals surface area contributed by atoms with Crippen LogP contribution in [-0.4, -0.2) is 95.4 Å². The van der Waals surface area contributed by atoms with Gasteiger partial charge in [-0.2, -0.15) is 8.42 Å². The molecule has 0 aliphatic carbocycles. The zero-order chi connectivity index (χ0) is 39.2. The van der Waals surface area contributed by atoms with Crippen LogP contribution in [0.3, 0.4) is 0 Å². The molecule has 54 heavy (non-hydrogen) atoms. The molecule has 0 aromatic carbocycles. The van der Waals surface area contributed by atoms with Gasteiger partial charge in [0.1, 0.15) is 30.5 Å². The molecule has 1 rings (SSSR count). The number of aliphatic imine (C=N–C) groups is 1. The quantitative estimate of drug-likeness (QED) is 0.0156. The summed E-state index contributed by atoms with van der Waals surface area (Å²) in [6, 6.07) is -1.06. The zero-order valence-electron chi connectivity index (χ0n) is 34.0. The molecule has 5 N–H and O–H groups in total. The van der Waals surface area contributed by atoms with E-state index in [4.69, 9.17) is 14.0 Å². The van der Waals surface area contributed by atoms with E-state index in [1.54, 1.807) is 6.08 Å². The number of unbranched alkanes of at least 4 members (excludes halogenated alkanes) is 23. The molecule has 314 valence electrons. The summed E-state index contributed by atoms with van der Waals surface area (Å²) < 4.78 is 47.4. The minimum atomic E-state index is -5.08. The monoisotopic (exact) mass is 802 g/mol. The van der Waals surface area contributed by atoms with Crippen LogP contribution in [0.5, 0.6) is 0 Å². The van der Waals surface area contributed by atoms with E-state index in [0.29, 0.717) is 6.42 Å². The number of aliphatic hydroxyl groups is 4. The standard InChI is InChI=1S/C40H77NO11S.Na/c1-3-5-7-9-11-13-15-17-19-21-23-25-27-29-34(43)33(32-50-40-38(46)39(52-53(47,48)49)37(45)35(31-42)51-40)41-36(44)30-28-26-24-22-20-18-16-14-12-10-8-6-4-2;/h27,29,33-35,37-40,42-43,45-46H,3-26,28,30-32H2,1-2H3,(H,41,44)(H,47,48,49);/q;+1/p-1/b29-27+;/t33-,34-,35-,37+,38-,39+,40-;/m1./s1. The summed E-state index contributed by atoms with van der Waals surface area (Å²) in [5.41, 5.74) is 0. The van der Waals surface area contributed by atoms with E-state index < -0.39 is 66.5 Å². The van der Waals surface area contributed by atoms with Gasteiger partial charge in [0, 0.05) is 0 Å². The van der Waals surface area contributed by atoms with Gasteiger partial charge < -0.3 is 35.0 Å². The van der Waals surface area contributed by atoms with Gasteiger partial charge in [-0.25, -0.2) is 4.18 Å². The normalized spacial score (nSPS) is 22.1. The topological polar surface area (TPSA) is 198 Å². The Morgan fingerprint density at radius 3 is 1.65 bits per heavy atom. The van der Waals surface area contributed by atoms with E-state index in [0.717, 1.165) is 38.5 Å². The largest absolute Gasteiger partial charge is 1.00 e. The second-order valence-electron chi connectivity index (χ2n) is 14.9. The summed E-state index contributed by atoms with van der Waals surface area (Å²) in [5.74, 6) is -0.388. The van der Waals surface area contributed by atoms with Crippen LogP contribution >= 0.6 is 0 Å². The fourth-order valence-corrected chi connectivity index (χ4v) is 7.19. The number of allylic oxidation sites excluding steroid dienone is 1. The van der Waals surface area contributed by atoms with Crippen molar-refractivity contribution in [3.8, 4) is 0 Å². The molecule has 0 radical (unpaired) electrons. The Morgan fingerprint density at radius 1 is 0.759 bits per heavy atom. The number of hydrogen-bond acceptors (Lipinski definition) is 11. The van der Waals surface area contributed by atoms with E-state index in [-0.39, 0.29) is 41.9 Å². The van der Waals surface area contributed by atoms with E-state index in [2.05, 4.69) is 23.0 Å². The number of hydrogen-bond donors (Lipinski definition) is 5. The molecule has 1 aliphatic rings. The Morgan fingerprint density at radius 2 is 1.20 bits per heavy atom. The van der Waals surface area contributed by atoms with Crippen molar-refractivity contribution >= 4 is 16.3 Å². The third-order valence-corrected chi connectivity index (χ3v) is 10.5. The van der Waals surface area contributed by atoms with Gasteiger partial charge in [0.2, 0.25) is 0 Å². The summed E-state index contributed by atoms with van der Waals surface area (Å²) in [6.07, 6.45) is 23.5. The average molecular weight is 802 g/mol. The molecule has 0 spiro atoms. The van der Waals surface area contributed by atoms with Gasteiger partial charge in [-0.15, -0.1) is 0 Å². The van der Waals surface area contributed by atoms with Gasteiger partial charge in [-0.05, 0) is 31.6 Å². The minimum absolute atomic E-state index is 0. The minimum Gasteiger partial charge on any atom is -0.862 e. The summed E-state index contributed by atoms with van der Waals surface area (Å²) in [4.78, 5) is 4.22. The summed E-state index contributed by atoms with van der Waals surface area (Å²) in [6.45, 7) is 3.29. The Labute approximate surface area is 350 Å². The molecule has 12 nitrogen and oxygen atoms in total. The average Bonchev–Trinajstić information content (AvgIpc) is 3.12. The van der Waals surface area contributed by atoms with Crippen LogP contribution in [0.4, 0.5) is 0 Å². The van der Waals surface area contributed by atoms with E-state index in [1.165, 1.54) is 116 Å². The van der Waals surface area contributed by atoms with Gasteiger partial charge in [0.05, 0.1) is 19.3 Å². The van der Waals surface area contributed by atoms with Gasteiger partial charge in [0.15, 0.2) is 6.29 Å². The molecular formula is C40H76NNaO11S. The molecule has 1 saturated heterocycles. The zero-order valence-corrected chi connectivity index (χ0v) is 36.9. The predicted octanol–water partition coefficient (Wildman–Crippen LogP) is 3.86. The van der Waals surface area contributed by atoms with Gasteiger partial charge >= 0.3 is 40.0 Å². The van der Waals surface area contributed by atoms with E-state index >= 15 is 0 Å². The fourth-order valence-electron chi connectivity index (χ4n) is 6.68. The first-order valence-electron chi connectivity index (χ1n) is 21.0. The maximum atomic E-state index is 12.9. The van der Waals surface area contributed by atoms with Crippen LogP contribution in [0.1, 0.15) is 181 Å². The molecule has 0 saturated carbocycles. The second kappa shape index (κ2) is 34.8. The van der Waals surface area contributed by atoms with Crippen molar-refractivity contribution in [2.24, 2.45) is 4.99 Å². The molecule has 0 bridgehead atoms. The molecule has 0 unspecified atom stereocenters. The molecule has 0 aromatic rings. The number of ether oxygens (including phenoxy) is 2. The van der Waals surface area contributed by atoms with Crippen LogP contribution in [0.15, 0.2) is 17.1 Å². The van der Waals surface area contributed by atoms with Crippen molar-refractivity contribution in [2.75, 3.05) is 13.2 Å². The molecule has 1 fully saturated rings. The first kappa shape index (κ1) is 53.8. The molecule has 1 aliphatic heterocycles. The molecule has 7 atom stereocenters. The molecule has 14 heteroatoms. The smallest absolute Gasteiger partial charge is 0.862 e. The van der Waals surface area contributed by atoms with Crippen molar-refractivity contribution in [3.05, 3.63) is 12.2 Å². The van der Waals surface area contributed by atoms with Crippen molar-refractivity contribution in [1.29, 1.82) is 0 Å². The summed E-state index contributed by atoms with van der Waals surface area (Å²) in [7, 11) is -5.08. The van der Waals surface area contributed by atoms with Gasteiger partial charge in [-0.1, -0.05) is 167 Å². The Bertz CT molecular complexity index is 1040. The SMILES string of the molecule is CCCCCCCCCCCCC/C=C/[C@@H](O)[C@@H](CO[C@@H]1O[C@H](CO)[C@H](O)[C@H](OS(=O)(=O)O)[C@H]1O)N=C([O-])CCCCCCCCCCCCCCC.[Na+]. The molecular weight excluding hydrogens is 725 g/mol. The van der Waals surface area contributed by atoms with Crippen LogP contribution in [0, 0.1) is 0 Å². The molecule has 0 amide bonds. The Hall–Kier alpha value is -0.160. The molecule has 0 aromatic heterocycles. The van der Waals surface area contributed by atoms with Crippen molar-refractivity contribution in [1.82, 2.24) is 0 Å². The summed E-state index contributed by atoms with van der Waals surface area (Å²) >= 11 is 0. The maximum Gasteiger partial charge on any atom is 1.00 e. The van der Waals surface area contributed by atoms with Crippen LogP contribution < -0.4 is 34.7 Å². The maximum absolute atomic E-state index is 12.9. The number of aliphatic hydroxyl groups excluding tert-OH is 4. The van der Waals surface area contributed by atoms with E-state index in [1.807, 2.05) is 6.08 Å². The third-order valence-electron chi connectivity index (χ3n) is 9.99. The van der Waals surface area contributed by atoms with Crippen molar-refractivity contribution in [3.63, 3.8) is 0 Å². The van der Waals surface area contributed by atoms with Crippen LogP contribution in [0.2, 0.25) is 0 Å². The van der Waals surface area contributed by atoms with Crippen molar-refractivity contribution in [2.45, 2.75) is 224 Å². The van der Waals surface area contributed by atoms with Crippen LogP contribution in [-0.2, 0) is 24.1 Å². The predicted molar refractivity (Wildman–Crippen MR) is 208 cm³/mol. The van der Waals surface area contributed by atoms with Crippen molar-refractivity contribution < 1.29 is 81.7 Å². The van der Waals surface area contributed by atoms with Crippen LogP contribution in [0.25, 0.3) is 0 Å². The molecule has 1 heterocycles. The first-order valence-corrected chi connectivity index (χ1v) is 22.4. The third kappa shape index (κ3) is 27.5. The fraction of sp³-hybridized carbons (Fsp3) is 0.925. The Kier molecular flexibility index (Phi) is 34.7. The van der Waals surface area contributed by atoms with Gasteiger partial charge in [0.25, 0.3) is 0 Å². The second-order valence-corrected chi connectivity index (χ2v) is 15.9. The first-order chi connectivity index (χ1) is 25.5. The number of rotatable bonds is 35. The summed E-state index contributed by atoms with van der Waals surface area (Å²) in [5, 5.41) is 54.5.